The first kappa shape index (κ1) is 16.5. The maximum atomic E-state index is 13.6. The van der Waals surface area contributed by atoms with E-state index in [1.54, 1.807) is 12.1 Å². The van der Waals surface area contributed by atoms with Crippen LogP contribution in [0.1, 0.15) is 30.0 Å². The van der Waals surface area contributed by atoms with E-state index in [9.17, 15) is 4.39 Å². The first-order valence-electron chi connectivity index (χ1n) is 9.20. The minimum atomic E-state index is -0.167. The number of hydrogen-bond acceptors (Lipinski definition) is 4. The highest BCUT2D eigenvalue weighted by molar-refractivity contribution is 5.40. The molecule has 3 heterocycles. The Morgan fingerprint density at radius 1 is 1.12 bits per heavy atom. The SMILES string of the molecule is Fc1cccc(C2CNCCN2Cc2ccc(N3CCCC3)nc2)c1. The predicted molar refractivity (Wildman–Crippen MR) is 98.1 cm³/mol. The van der Waals surface area contributed by atoms with Gasteiger partial charge in [-0.15, -0.1) is 0 Å². The normalized spacial score (nSPS) is 21.6. The number of nitrogens with one attached hydrogen (secondary N) is 1. The third-order valence-electron chi connectivity index (χ3n) is 5.21. The van der Waals surface area contributed by atoms with Crippen molar-refractivity contribution >= 4 is 5.82 Å². The second-order valence-corrected chi connectivity index (χ2v) is 6.96. The van der Waals surface area contributed by atoms with E-state index in [-0.39, 0.29) is 11.9 Å². The summed E-state index contributed by atoms with van der Waals surface area (Å²) >= 11 is 0. The molecule has 0 bridgehead atoms. The van der Waals surface area contributed by atoms with E-state index in [0.717, 1.165) is 50.6 Å². The van der Waals surface area contributed by atoms with Gasteiger partial charge in [-0.25, -0.2) is 9.37 Å². The summed E-state index contributed by atoms with van der Waals surface area (Å²) in [6.07, 6.45) is 4.53. The average Bonchev–Trinajstić information content (AvgIpc) is 3.18. The molecule has 4 rings (SSSR count). The molecule has 2 aromatic rings. The lowest BCUT2D eigenvalue weighted by molar-refractivity contribution is 0.153. The first-order chi connectivity index (χ1) is 12.3. The Kier molecular flexibility index (Phi) is 4.95. The van der Waals surface area contributed by atoms with Crippen LogP contribution in [-0.2, 0) is 6.54 Å². The Balaban J connectivity index is 1.47. The fourth-order valence-electron chi connectivity index (χ4n) is 3.86. The van der Waals surface area contributed by atoms with Gasteiger partial charge in [0.1, 0.15) is 11.6 Å². The molecule has 0 radical (unpaired) electrons. The maximum Gasteiger partial charge on any atom is 0.128 e. The van der Waals surface area contributed by atoms with Crippen molar-refractivity contribution in [3.05, 3.63) is 59.5 Å². The lowest BCUT2D eigenvalue weighted by Gasteiger charge is -2.36. The molecule has 1 atom stereocenters. The van der Waals surface area contributed by atoms with Crippen molar-refractivity contribution in [2.24, 2.45) is 0 Å². The highest BCUT2D eigenvalue weighted by Crippen LogP contribution is 2.25. The lowest BCUT2D eigenvalue weighted by atomic mass is 10.0. The largest absolute Gasteiger partial charge is 0.357 e. The van der Waals surface area contributed by atoms with E-state index in [0.29, 0.717) is 0 Å². The molecule has 1 unspecified atom stereocenters. The summed E-state index contributed by atoms with van der Waals surface area (Å²) in [5.41, 5.74) is 2.25. The highest BCUT2D eigenvalue weighted by atomic mass is 19.1. The summed E-state index contributed by atoms with van der Waals surface area (Å²) in [7, 11) is 0. The number of benzene rings is 1. The summed E-state index contributed by atoms with van der Waals surface area (Å²) < 4.78 is 13.6. The number of hydrogen-bond donors (Lipinski definition) is 1. The molecule has 4 nitrogen and oxygen atoms in total. The fourth-order valence-corrected chi connectivity index (χ4v) is 3.86. The van der Waals surface area contributed by atoms with E-state index in [2.05, 4.69) is 32.2 Å². The monoisotopic (exact) mass is 340 g/mol. The Hall–Kier alpha value is -1.98. The third kappa shape index (κ3) is 3.83. The van der Waals surface area contributed by atoms with Gasteiger partial charge in [-0.3, -0.25) is 4.90 Å². The zero-order chi connectivity index (χ0) is 17.1. The second kappa shape index (κ2) is 7.50. The van der Waals surface area contributed by atoms with Gasteiger partial charge in [0.2, 0.25) is 0 Å². The molecule has 0 amide bonds. The Morgan fingerprint density at radius 3 is 2.76 bits per heavy atom. The molecule has 2 saturated heterocycles. The predicted octanol–water partition coefficient (Wildman–Crippen LogP) is 2.97. The van der Waals surface area contributed by atoms with Crippen LogP contribution in [0.25, 0.3) is 0 Å². The van der Waals surface area contributed by atoms with Gasteiger partial charge >= 0.3 is 0 Å². The van der Waals surface area contributed by atoms with Gasteiger partial charge in [0, 0.05) is 51.5 Å². The van der Waals surface area contributed by atoms with E-state index >= 15 is 0 Å². The molecule has 0 saturated carbocycles. The summed E-state index contributed by atoms with van der Waals surface area (Å²) in [4.78, 5) is 9.43. The summed E-state index contributed by atoms with van der Waals surface area (Å²) in [5, 5.41) is 3.43. The first-order valence-corrected chi connectivity index (χ1v) is 9.20. The zero-order valence-corrected chi connectivity index (χ0v) is 14.5. The molecule has 25 heavy (non-hydrogen) atoms. The van der Waals surface area contributed by atoms with Crippen LogP contribution in [0.15, 0.2) is 42.6 Å². The van der Waals surface area contributed by atoms with Crippen molar-refractivity contribution in [3.8, 4) is 0 Å². The van der Waals surface area contributed by atoms with Crippen LogP contribution in [0.4, 0.5) is 10.2 Å². The summed E-state index contributed by atoms with van der Waals surface area (Å²) in [6, 6.07) is 11.5. The maximum absolute atomic E-state index is 13.6. The van der Waals surface area contributed by atoms with Crippen molar-refractivity contribution in [1.29, 1.82) is 0 Å². The minimum absolute atomic E-state index is 0.167. The van der Waals surface area contributed by atoms with Crippen molar-refractivity contribution in [2.45, 2.75) is 25.4 Å². The topological polar surface area (TPSA) is 31.4 Å². The smallest absolute Gasteiger partial charge is 0.128 e. The van der Waals surface area contributed by atoms with E-state index in [4.69, 9.17) is 0 Å². The lowest BCUT2D eigenvalue weighted by Crippen LogP contribution is -2.45. The number of piperazine rings is 1. The van der Waals surface area contributed by atoms with E-state index < -0.39 is 0 Å². The summed E-state index contributed by atoms with van der Waals surface area (Å²) in [5.74, 6) is 0.919. The zero-order valence-electron chi connectivity index (χ0n) is 14.5. The highest BCUT2D eigenvalue weighted by Gasteiger charge is 2.24. The van der Waals surface area contributed by atoms with Crippen LogP contribution >= 0.6 is 0 Å². The Morgan fingerprint density at radius 2 is 2.00 bits per heavy atom. The molecule has 132 valence electrons. The molecular weight excluding hydrogens is 315 g/mol. The molecule has 1 N–H and O–H groups in total. The number of nitrogens with zero attached hydrogens (tertiary/aromatic N) is 3. The van der Waals surface area contributed by atoms with Crippen molar-refractivity contribution < 1.29 is 4.39 Å². The van der Waals surface area contributed by atoms with Crippen molar-refractivity contribution in [3.63, 3.8) is 0 Å². The van der Waals surface area contributed by atoms with Gasteiger partial charge in [-0.2, -0.15) is 0 Å². The van der Waals surface area contributed by atoms with Crippen molar-refractivity contribution in [2.75, 3.05) is 37.6 Å². The van der Waals surface area contributed by atoms with E-state index in [1.807, 2.05) is 12.3 Å². The Labute approximate surface area is 148 Å². The van der Waals surface area contributed by atoms with E-state index in [1.165, 1.54) is 24.5 Å². The van der Waals surface area contributed by atoms with Gasteiger partial charge in [0.15, 0.2) is 0 Å². The molecule has 0 spiro atoms. The minimum Gasteiger partial charge on any atom is -0.357 e. The van der Waals surface area contributed by atoms with Crippen LogP contribution in [0.2, 0.25) is 0 Å². The summed E-state index contributed by atoms with van der Waals surface area (Å²) in [6.45, 7) is 5.84. The van der Waals surface area contributed by atoms with Gasteiger partial charge in [0.05, 0.1) is 0 Å². The quantitative estimate of drug-likeness (QED) is 0.927. The van der Waals surface area contributed by atoms with Crippen LogP contribution < -0.4 is 10.2 Å². The number of pyridine rings is 1. The fraction of sp³-hybridized carbons (Fsp3) is 0.450. The molecule has 2 aliphatic rings. The number of halogens is 1. The molecule has 1 aromatic heterocycles. The van der Waals surface area contributed by atoms with Gasteiger partial charge in [-0.1, -0.05) is 18.2 Å². The standard InChI is InChI=1S/C20H25FN4/c21-18-5-3-4-17(12-18)19-14-22-8-11-25(19)15-16-6-7-20(23-13-16)24-9-1-2-10-24/h3-7,12-13,19,22H,1-2,8-11,14-15H2. The number of aromatic nitrogens is 1. The molecule has 0 aliphatic carbocycles. The molecular formula is C20H25FN4. The number of anilines is 1. The molecule has 5 heteroatoms. The molecule has 1 aromatic carbocycles. The average molecular weight is 340 g/mol. The van der Waals surface area contributed by atoms with Crippen LogP contribution in [0.5, 0.6) is 0 Å². The van der Waals surface area contributed by atoms with Crippen LogP contribution in [0.3, 0.4) is 0 Å². The van der Waals surface area contributed by atoms with Gasteiger partial charge in [-0.05, 0) is 42.2 Å². The van der Waals surface area contributed by atoms with Crippen LogP contribution in [0, 0.1) is 5.82 Å². The van der Waals surface area contributed by atoms with Gasteiger partial charge in [0.25, 0.3) is 0 Å². The third-order valence-corrected chi connectivity index (χ3v) is 5.21. The molecule has 2 aliphatic heterocycles. The van der Waals surface area contributed by atoms with Crippen LogP contribution in [-0.4, -0.2) is 42.6 Å². The van der Waals surface area contributed by atoms with Crippen molar-refractivity contribution in [1.82, 2.24) is 15.2 Å². The Bertz CT molecular complexity index is 697. The van der Waals surface area contributed by atoms with Gasteiger partial charge < -0.3 is 10.2 Å². The molecule has 2 fully saturated rings. The second-order valence-electron chi connectivity index (χ2n) is 6.96. The number of rotatable bonds is 4.